The smallest absolute Gasteiger partial charge is 0.427 e. The average molecular weight is 242 g/mol. The largest absolute Gasteiger partial charge is 0.478 e. The standard InChI is InChI=1S/C7H6N4O4S/c12-6(13)3-1-10-4(8-5(3)16)2-11(9-10)7(14)15/h1-2,9H,(H,8,16)(H,12,13)(H,14,15). The molecule has 2 aliphatic rings. The van der Waals surface area contributed by atoms with Gasteiger partial charge in [0.2, 0.25) is 0 Å². The molecule has 0 atom stereocenters. The summed E-state index contributed by atoms with van der Waals surface area (Å²) in [5, 5.41) is 22.1. The Balaban J connectivity index is 2.29. The fraction of sp³-hybridized carbons (Fsp3) is 0. The Hall–Kier alpha value is -2.13. The van der Waals surface area contributed by atoms with Crippen LogP contribution in [0.4, 0.5) is 4.79 Å². The summed E-state index contributed by atoms with van der Waals surface area (Å²) in [7, 11) is 0. The number of thiocarbonyl (C=S) groups is 1. The minimum absolute atomic E-state index is 0.0315. The lowest BCUT2D eigenvalue weighted by atomic mass is 10.2. The lowest BCUT2D eigenvalue weighted by molar-refractivity contribution is -0.132. The van der Waals surface area contributed by atoms with Crippen LogP contribution in [0, 0.1) is 0 Å². The van der Waals surface area contributed by atoms with Crippen molar-refractivity contribution in [1.29, 1.82) is 0 Å². The van der Waals surface area contributed by atoms with Crippen molar-refractivity contribution >= 4 is 29.3 Å². The van der Waals surface area contributed by atoms with Gasteiger partial charge < -0.3 is 15.5 Å². The number of hydrogen-bond acceptors (Lipinski definition) is 5. The number of hydrazine groups is 2. The first-order valence-corrected chi connectivity index (χ1v) is 4.46. The summed E-state index contributed by atoms with van der Waals surface area (Å²) in [6.07, 6.45) is 1.22. The zero-order valence-electron chi connectivity index (χ0n) is 7.67. The Morgan fingerprint density at radius 2 is 2.00 bits per heavy atom. The van der Waals surface area contributed by atoms with Crippen LogP contribution in [0.3, 0.4) is 0 Å². The number of carboxylic acids is 1. The Morgan fingerprint density at radius 3 is 2.56 bits per heavy atom. The van der Waals surface area contributed by atoms with E-state index in [1.54, 1.807) is 0 Å². The second-order valence-corrected chi connectivity index (χ2v) is 3.35. The van der Waals surface area contributed by atoms with Gasteiger partial charge in [0.1, 0.15) is 16.4 Å². The van der Waals surface area contributed by atoms with Crippen molar-refractivity contribution in [1.82, 2.24) is 20.9 Å². The SMILES string of the molecule is O=C(O)C1=CN2NN(C(=O)O)C=C2NC1=S. The van der Waals surface area contributed by atoms with E-state index in [1.165, 1.54) is 17.4 Å². The molecule has 2 aliphatic heterocycles. The lowest BCUT2D eigenvalue weighted by Gasteiger charge is -2.24. The predicted molar refractivity (Wildman–Crippen MR) is 54.4 cm³/mol. The number of fused-ring (bicyclic) bond motifs is 1. The number of carboxylic acid groups (broad SMARTS) is 2. The maximum Gasteiger partial charge on any atom is 0.427 e. The molecule has 4 N–H and O–H groups in total. The van der Waals surface area contributed by atoms with E-state index in [0.717, 1.165) is 5.01 Å². The van der Waals surface area contributed by atoms with Gasteiger partial charge in [0.25, 0.3) is 0 Å². The molecular weight excluding hydrogens is 236 g/mol. The monoisotopic (exact) mass is 242 g/mol. The molecule has 0 spiro atoms. The lowest BCUT2D eigenvalue weighted by Crippen LogP contribution is -2.45. The molecule has 2 rings (SSSR count). The topological polar surface area (TPSA) is 105 Å². The molecule has 16 heavy (non-hydrogen) atoms. The molecule has 0 radical (unpaired) electrons. The van der Waals surface area contributed by atoms with Crippen LogP contribution in [0.15, 0.2) is 23.8 Å². The van der Waals surface area contributed by atoms with Crippen molar-refractivity contribution in [2.24, 2.45) is 0 Å². The molecular formula is C7H6N4O4S. The fourth-order valence-corrected chi connectivity index (χ4v) is 1.44. The van der Waals surface area contributed by atoms with E-state index in [2.05, 4.69) is 10.9 Å². The third kappa shape index (κ3) is 1.57. The van der Waals surface area contributed by atoms with Crippen LogP contribution in [0.25, 0.3) is 0 Å². The molecule has 1 amide bonds. The summed E-state index contributed by atoms with van der Waals surface area (Å²) in [5.41, 5.74) is 2.29. The molecule has 0 aliphatic carbocycles. The third-order valence-corrected chi connectivity index (χ3v) is 2.23. The van der Waals surface area contributed by atoms with E-state index >= 15 is 0 Å². The minimum atomic E-state index is -1.22. The van der Waals surface area contributed by atoms with E-state index in [0.29, 0.717) is 5.82 Å². The van der Waals surface area contributed by atoms with Gasteiger partial charge in [0.05, 0.1) is 6.20 Å². The summed E-state index contributed by atoms with van der Waals surface area (Å²) in [4.78, 5) is 21.4. The first-order valence-electron chi connectivity index (χ1n) is 4.05. The van der Waals surface area contributed by atoms with Crippen molar-refractivity contribution in [2.45, 2.75) is 0 Å². The van der Waals surface area contributed by atoms with Gasteiger partial charge in [-0.25, -0.2) is 14.6 Å². The molecule has 9 heteroatoms. The number of aliphatic carboxylic acids is 1. The summed E-state index contributed by atoms with van der Waals surface area (Å²) < 4.78 is 0. The fourth-order valence-electron chi connectivity index (χ4n) is 1.20. The highest BCUT2D eigenvalue weighted by Crippen LogP contribution is 2.17. The number of carbonyl (C=O) groups is 2. The van der Waals surface area contributed by atoms with Crippen molar-refractivity contribution in [3.05, 3.63) is 23.8 Å². The predicted octanol–water partition coefficient (Wildman–Crippen LogP) is -0.600. The Bertz CT molecular complexity index is 457. The number of amides is 1. The van der Waals surface area contributed by atoms with Crippen LogP contribution in [0.2, 0.25) is 0 Å². The molecule has 0 aromatic carbocycles. The average Bonchev–Trinajstić information content (AvgIpc) is 2.58. The van der Waals surface area contributed by atoms with Crippen LogP contribution in [0.5, 0.6) is 0 Å². The van der Waals surface area contributed by atoms with Crippen LogP contribution in [-0.2, 0) is 4.79 Å². The van der Waals surface area contributed by atoms with Gasteiger partial charge in [-0.2, -0.15) is 5.01 Å². The number of nitrogens with zero attached hydrogens (tertiary/aromatic N) is 2. The van der Waals surface area contributed by atoms with Gasteiger partial charge in [-0.05, 0) is 0 Å². The minimum Gasteiger partial charge on any atom is -0.478 e. The molecule has 2 heterocycles. The summed E-state index contributed by atoms with van der Waals surface area (Å²) in [6.45, 7) is 0. The molecule has 8 nitrogen and oxygen atoms in total. The van der Waals surface area contributed by atoms with Crippen LogP contribution in [-0.4, -0.2) is 37.3 Å². The van der Waals surface area contributed by atoms with Gasteiger partial charge in [-0.1, -0.05) is 12.2 Å². The molecule has 0 aromatic heterocycles. The van der Waals surface area contributed by atoms with Gasteiger partial charge >= 0.3 is 12.1 Å². The Morgan fingerprint density at radius 1 is 1.31 bits per heavy atom. The maximum absolute atomic E-state index is 10.8. The number of nitrogens with one attached hydrogen (secondary N) is 2. The van der Waals surface area contributed by atoms with Gasteiger partial charge in [-0.3, -0.25) is 0 Å². The van der Waals surface area contributed by atoms with E-state index < -0.39 is 12.1 Å². The van der Waals surface area contributed by atoms with Gasteiger partial charge in [-0.15, -0.1) is 5.53 Å². The summed E-state index contributed by atoms with van der Waals surface area (Å²) in [5.74, 6) is -0.843. The zero-order chi connectivity index (χ0) is 11.9. The molecule has 0 saturated carbocycles. The molecule has 0 bridgehead atoms. The molecule has 0 saturated heterocycles. The molecule has 0 fully saturated rings. The van der Waals surface area contributed by atoms with Crippen molar-refractivity contribution in [3.8, 4) is 0 Å². The van der Waals surface area contributed by atoms with Crippen molar-refractivity contribution < 1.29 is 19.8 Å². The highest BCUT2D eigenvalue weighted by molar-refractivity contribution is 7.80. The first kappa shape index (κ1) is 10.4. The quantitative estimate of drug-likeness (QED) is 0.452. The molecule has 0 aromatic rings. The van der Waals surface area contributed by atoms with E-state index in [4.69, 9.17) is 22.4 Å². The Kier molecular flexibility index (Phi) is 2.25. The second-order valence-electron chi connectivity index (χ2n) is 2.94. The highest BCUT2D eigenvalue weighted by Gasteiger charge is 2.30. The van der Waals surface area contributed by atoms with Crippen LogP contribution in [0.1, 0.15) is 0 Å². The molecule has 84 valence electrons. The Labute approximate surface area is 94.4 Å². The van der Waals surface area contributed by atoms with E-state index in [1.807, 2.05) is 0 Å². The number of rotatable bonds is 1. The van der Waals surface area contributed by atoms with Crippen LogP contribution >= 0.6 is 12.2 Å². The highest BCUT2D eigenvalue weighted by atomic mass is 32.1. The normalized spacial score (nSPS) is 18.6. The zero-order valence-corrected chi connectivity index (χ0v) is 8.48. The third-order valence-electron chi connectivity index (χ3n) is 1.91. The van der Waals surface area contributed by atoms with Crippen molar-refractivity contribution in [2.75, 3.05) is 0 Å². The van der Waals surface area contributed by atoms with Gasteiger partial charge in [0.15, 0.2) is 0 Å². The van der Waals surface area contributed by atoms with E-state index in [-0.39, 0.29) is 10.6 Å². The maximum atomic E-state index is 10.8. The first-order chi connectivity index (χ1) is 7.49. The summed E-state index contributed by atoms with van der Waals surface area (Å²) in [6, 6.07) is 0. The van der Waals surface area contributed by atoms with Gasteiger partial charge in [0, 0.05) is 6.20 Å². The molecule has 0 unspecified atom stereocenters. The number of hydrogen-bond donors (Lipinski definition) is 4. The van der Waals surface area contributed by atoms with Crippen molar-refractivity contribution in [3.63, 3.8) is 0 Å². The summed E-state index contributed by atoms with van der Waals surface area (Å²) >= 11 is 4.81. The van der Waals surface area contributed by atoms with Crippen LogP contribution < -0.4 is 10.9 Å². The second kappa shape index (κ2) is 3.47. The van der Waals surface area contributed by atoms with E-state index in [9.17, 15) is 9.59 Å².